The molecule has 1 atom stereocenters. The Bertz CT molecular complexity index is 893. The summed E-state index contributed by atoms with van der Waals surface area (Å²) in [5, 5.41) is 0. The van der Waals surface area contributed by atoms with Crippen LogP contribution in [0.2, 0.25) is 0 Å². The van der Waals surface area contributed by atoms with Gasteiger partial charge in [0.25, 0.3) is 5.91 Å². The molecule has 3 heterocycles. The molecule has 1 aromatic carbocycles. The van der Waals surface area contributed by atoms with E-state index >= 15 is 0 Å². The van der Waals surface area contributed by atoms with Crippen LogP contribution in [0.1, 0.15) is 29.2 Å². The molecule has 23 heavy (non-hydrogen) atoms. The molecule has 0 saturated carbocycles. The fourth-order valence-corrected chi connectivity index (χ4v) is 3.22. The predicted molar refractivity (Wildman–Crippen MR) is 85.3 cm³/mol. The molecule has 0 unspecified atom stereocenters. The van der Waals surface area contributed by atoms with Crippen molar-refractivity contribution in [2.75, 3.05) is 13.1 Å². The third-order valence-corrected chi connectivity index (χ3v) is 4.39. The van der Waals surface area contributed by atoms with Gasteiger partial charge in [-0.2, -0.15) is 0 Å². The van der Waals surface area contributed by atoms with Crippen molar-refractivity contribution in [1.29, 1.82) is 0 Å². The van der Waals surface area contributed by atoms with Crippen molar-refractivity contribution in [2.24, 2.45) is 0 Å². The number of aromatic nitrogens is 4. The summed E-state index contributed by atoms with van der Waals surface area (Å²) in [5.74, 6) is -0.00114. The first-order chi connectivity index (χ1) is 11.2. The molecule has 1 aliphatic rings. The minimum atomic E-state index is -0.261. The zero-order valence-corrected chi connectivity index (χ0v) is 12.5. The third-order valence-electron chi connectivity index (χ3n) is 4.39. The average molecular weight is 311 g/mol. The van der Waals surface area contributed by atoms with Gasteiger partial charge >= 0.3 is 5.69 Å². The largest absolute Gasteiger partial charge is 0.337 e. The Morgan fingerprint density at radius 2 is 2.13 bits per heavy atom. The van der Waals surface area contributed by atoms with Gasteiger partial charge in [0.1, 0.15) is 0 Å². The molecule has 2 N–H and O–H groups in total. The summed E-state index contributed by atoms with van der Waals surface area (Å²) in [7, 11) is 0. The molecule has 7 nitrogen and oxygen atoms in total. The fraction of sp³-hybridized carbons (Fsp3) is 0.312. The van der Waals surface area contributed by atoms with Crippen molar-refractivity contribution >= 4 is 16.9 Å². The number of fused-ring (bicyclic) bond motifs is 1. The number of amides is 1. The van der Waals surface area contributed by atoms with Gasteiger partial charge in [0.15, 0.2) is 0 Å². The van der Waals surface area contributed by atoms with Gasteiger partial charge in [0, 0.05) is 31.0 Å². The lowest BCUT2D eigenvalue weighted by Crippen LogP contribution is -2.40. The van der Waals surface area contributed by atoms with Crippen molar-refractivity contribution in [3.63, 3.8) is 0 Å². The Balaban J connectivity index is 1.58. The van der Waals surface area contributed by atoms with Crippen molar-refractivity contribution in [3.8, 4) is 0 Å². The number of imidazole rings is 2. The number of nitrogens with one attached hydrogen (secondary N) is 2. The second-order valence-corrected chi connectivity index (χ2v) is 5.90. The van der Waals surface area contributed by atoms with E-state index in [1.54, 1.807) is 30.7 Å². The van der Waals surface area contributed by atoms with Gasteiger partial charge in [-0.05, 0) is 31.0 Å². The zero-order valence-electron chi connectivity index (χ0n) is 12.5. The van der Waals surface area contributed by atoms with Gasteiger partial charge in [-0.3, -0.25) is 4.79 Å². The Morgan fingerprint density at radius 3 is 2.96 bits per heavy atom. The molecular weight excluding hydrogens is 294 g/mol. The molecular formula is C16H17N5O2. The molecule has 1 saturated heterocycles. The van der Waals surface area contributed by atoms with E-state index in [1.165, 1.54) is 0 Å². The first-order valence-electron chi connectivity index (χ1n) is 7.69. The summed E-state index contributed by atoms with van der Waals surface area (Å²) in [6, 6.07) is 5.52. The summed E-state index contributed by atoms with van der Waals surface area (Å²) in [5.41, 5.74) is 1.70. The van der Waals surface area contributed by atoms with Crippen LogP contribution in [0.25, 0.3) is 11.0 Å². The summed E-state index contributed by atoms with van der Waals surface area (Å²) in [6.45, 7) is 1.43. The van der Waals surface area contributed by atoms with Crippen molar-refractivity contribution in [3.05, 3.63) is 53.0 Å². The maximum atomic E-state index is 12.8. The van der Waals surface area contributed by atoms with E-state index in [0.29, 0.717) is 23.1 Å². The SMILES string of the molecule is O=C(c1ccc2[nH]c(=O)[nH]c2c1)N1CCC[C@@H](n2ccnc2)C1. The quantitative estimate of drug-likeness (QED) is 0.752. The van der Waals surface area contributed by atoms with Gasteiger partial charge in [-0.1, -0.05) is 0 Å². The maximum absolute atomic E-state index is 12.8. The van der Waals surface area contributed by atoms with Gasteiger partial charge in [0.05, 0.1) is 23.4 Å². The molecule has 7 heteroatoms. The minimum absolute atomic E-state index is 0.00114. The van der Waals surface area contributed by atoms with Crippen LogP contribution < -0.4 is 5.69 Å². The number of H-pyrrole nitrogens is 2. The topological polar surface area (TPSA) is 86.8 Å². The van der Waals surface area contributed by atoms with E-state index in [9.17, 15) is 9.59 Å². The molecule has 2 aromatic heterocycles. The number of hydrogen-bond donors (Lipinski definition) is 2. The number of benzene rings is 1. The lowest BCUT2D eigenvalue weighted by atomic mass is 10.0. The van der Waals surface area contributed by atoms with E-state index in [2.05, 4.69) is 19.5 Å². The standard InChI is InChI=1S/C16H17N5O2/c22-15(11-3-4-13-14(8-11)19-16(23)18-13)20-6-1-2-12(9-20)21-7-5-17-10-21/h3-5,7-8,10,12H,1-2,6,9H2,(H2,18,19,23)/t12-/m1/s1. The van der Waals surface area contributed by atoms with E-state index in [0.717, 1.165) is 19.4 Å². The first kappa shape index (κ1) is 13.8. The Morgan fingerprint density at radius 1 is 1.26 bits per heavy atom. The highest BCUT2D eigenvalue weighted by molar-refractivity contribution is 5.97. The second kappa shape index (κ2) is 5.42. The molecule has 0 radical (unpaired) electrons. The average Bonchev–Trinajstić information content (AvgIpc) is 3.22. The Labute approximate surface area is 132 Å². The number of carbonyl (C=O) groups is 1. The minimum Gasteiger partial charge on any atom is -0.337 e. The molecule has 118 valence electrons. The lowest BCUT2D eigenvalue weighted by molar-refractivity contribution is 0.0679. The molecule has 4 rings (SSSR count). The summed E-state index contributed by atoms with van der Waals surface area (Å²) < 4.78 is 2.06. The smallest absolute Gasteiger partial charge is 0.323 e. The zero-order chi connectivity index (χ0) is 15.8. The monoisotopic (exact) mass is 311 g/mol. The first-order valence-corrected chi connectivity index (χ1v) is 7.69. The molecule has 1 amide bonds. The Hall–Kier alpha value is -2.83. The van der Waals surface area contributed by atoms with Crippen molar-refractivity contribution in [2.45, 2.75) is 18.9 Å². The molecule has 0 bridgehead atoms. The number of carbonyl (C=O) groups excluding carboxylic acids is 1. The van der Waals surface area contributed by atoms with Crippen LogP contribution in [0.5, 0.6) is 0 Å². The van der Waals surface area contributed by atoms with Gasteiger partial charge in [-0.25, -0.2) is 9.78 Å². The van der Waals surface area contributed by atoms with Crippen molar-refractivity contribution < 1.29 is 4.79 Å². The highest BCUT2D eigenvalue weighted by atomic mass is 16.2. The molecule has 0 spiro atoms. The molecule has 1 aliphatic heterocycles. The Kier molecular flexibility index (Phi) is 3.25. The number of aromatic amines is 2. The normalized spacial score (nSPS) is 18.4. The van der Waals surface area contributed by atoms with Crippen LogP contribution in [-0.4, -0.2) is 43.4 Å². The summed E-state index contributed by atoms with van der Waals surface area (Å²) in [4.78, 5) is 35.4. The van der Waals surface area contributed by atoms with E-state index in [-0.39, 0.29) is 17.6 Å². The summed E-state index contributed by atoms with van der Waals surface area (Å²) >= 11 is 0. The van der Waals surface area contributed by atoms with E-state index in [1.807, 2.05) is 11.1 Å². The molecule has 1 fully saturated rings. The third kappa shape index (κ3) is 2.54. The number of piperidine rings is 1. The van der Waals surface area contributed by atoms with Gasteiger partial charge in [0.2, 0.25) is 0 Å². The van der Waals surface area contributed by atoms with Crippen LogP contribution in [0.15, 0.2) is 41.7 Å². The molecule has 3 aromatic rings. The fourth-order valence-electron chi connectivity index (χ4n) is 3.22. The van der Waals surface area contributed by atoms with Crippen LogP contribution in [0.3, 0.4) is 0 Å². The number of nitrogens with zero attached hydrogens (tertiary/aromatic N) is 3. The van der Waals surface area contributed by atoms with Crippen LogP contribution in [0.4, 0.5) is 0 Å². The number of rotatable bonds is 2. The lowest BCUT2D eigenvalue weighted by Gasteiger charge is -2.33. The molecule has 0 aliphatic carbocycles. The van der Waals surface area contributed by atoms with Gasteiger partial charge in [-0.15, -0.1) is 0 Å². The number of hydrogen-bond acceptors (Lipinski definition) is 3. The van der Waals surface area contributed by atoms with Crippen LogP contribution >= 0.6 is 0 Å². The predicted octanol–water partition coefficient (Wildman–Crippen LogP) is 1.53. The highest BCUT2D eigenvalue weighted by Gasteiger charge is 2.25. The van der Waals surface area contributed by atoms with Crippen molar-refractivity contribution in [1.82, 2.24) is 24.4 Å². The van der Waals surface area contributed by atoms with Gasteiger partial charge < -0.3 is 19.4 Å². The maximum Gasteiger partial charge on any atom is 0.323 e. The van der Waals surface area contributed by atoms with Crippen LogP contribution in [-0.2, 0) is 0 Å². The van der Waals surface area contributed by atoms with Crippen LogP contribution in [0, 0.1) is 0 Å². The summed E-state index contributed by atoms with van der Waals surface area (Å²) in [6.07, 6.45) is 7.52. The van der Waals surface area contributed by atoms with E-state index in [4.69, 9.17) is 0 Å². The highest BCUT2D eigenvalue weighted by Crippen LogP contribution is 2.23. The second-order valence-electron chi connectivity index (χ2n) is 5.90. The number of likely N-dealkylation sites (tertiary alicyclic amines) is 1. The van der Waals surface area contributed by atoms with E-state index < -0.39 is 0 Å².